The second-order valence-electron chi connectivity index (χ2n) is 6.09. The zero-order chi connectivity index (χ0) is 20.2. The fourth-order valence-electron chi connectivity index (χ4n) is 2.72. The molecule has 0 saturated carbocycles. The topological polar surface area (TPSA) is 130 Å². The van der Waals surface area contributed by atoms with Crippen LogP contribution in [0.15, 0.2) is 23.1 Å². The van der Waals surface area contributed by atoms with Crippen molar-refractivity contribution in [3.63, 3.8) is 0 Å². The van der Waals surface area contributed by atoms with E-state index in [1.807, 2.05) is 6.92 Å². The Morgan fingerprint density at radius 2 is 2.04 bits per heavy atom. The van der Waals surface area contributed by atoms with Gasteiger partial charge in [0.05, 0.1) is 18.7 Å². The monoisotopic (exact) mass is 398 g/mol. The fourth-order valence-corrected chi connectivity index (χ4v) is 4.30. The van der Waals surface area contributed by atoms with Crippen LogP contribution in [0.3, 0.4) is 0 Å². The SMILES string of the molecule is CCCCC(NC(=O)c1ccc2c(c1)S(=O)(=O)N(CCOC)C2=O)C(=O)O. The summed E-state index contributed by atoms with van der Waals surface area (Å²) in [6.45, 7) is 1.81. The molecule has 0 radical (unpaired) electrons. The highest BCUT2D eigenvalue weighted by Crippen LogP contribution is 2.30. The minimum Gasteiger partial charge on any atom is -0.480 e. The number of ether oxygens (including phenoxy) is 1. The van der Waals surface area contributed by atoms with Crippen molar-refractivity contribution in [2.45, 2.75) is 37.1 Å². The fraction of sp³-hybridized carbons (Fsp3) is 0.471. The van der Waals surface area contributed by atoms with Gasteiger partial charge in [-0.15, -0.1) is 0 Å². The summed E-state index contributed by atoms with van der Waals surface area (Å²) in [6.07, 6.45) is 1.67. The third kappa shape index (κ3) is 4.28. The molecule has 148 valence electrons. The zero-order valence-electron chi connectivity index (χ0n) is 15.1. The average Bonchev–Trinajstić information content (AvgIpc) is 2.82. The number of nitrogens with one attached hydrogen (secondary N) is 1. The van der Waals surface area contributed by atoms with E-state index in [1.54, 1.807) is 0 Å². The number of unbranched alkanes of at least 4 members (excludes halogenated alkanes) is 1. The zero-order valence-corrected chi connectivity index (χ0v) is 15.9. The molecule has 0 fully saturated rings. The molecular formula is C17H22N2O7S. The summed E-state index contributed by atoms with van der Waals surface area (Å²) >= 11 is 0. The molecule has 1 unspecified atom stereocenters. The molecule has 2 rings (SSSR count). The first kappa shape index (κ1) is 20.8. The van der Waals surface area contributed by atoms with Gasteiger partial charge < -0.3 is 15.2 Å². The van der Waals surface area contributed by atoms with E-state index in [2.05, 4.69) is 5.32 Å². The molecule has 1 heterocycles. The van der Waals surface area contributed by atoms with E-state index in [4.69, 9.17) is 4.74 Å². The summed E-state index contributed by atoms with van der Waals surface area (Å²) in [6, 6.07) is 2.60. The molecule has 0 saturated heterocycles. The summed E-state index contributed by atoms with van der Waals surface area (Å²) in [7, 11) is -2.69. The lowest BCUT2D eigenvalue weighted by Crippen LogP contribution is -2.40. The number of sulfonamides is 1. The van der Waals surface area contributed by atoms with Crippen LogP contribution in [0.2, 0.25) is 0 Å². The summed E-state index contributed by atoms with van der Waals surface area (Å²) in [5, 5.41) is 11.6. The van der Waals surface area contributed by atoms with Crippen molar-refractivity contribution < 1.29 is 32.6 Å². The Balaban J connectivity index is 2.27. The van der Waals surface area contributed by atoms with Gasteiger partial charge in [0.2, 0.25) is 0 Å². The van der Waals surface area contributed by atoms with Crippen molar-refractivity contribution in [3.8, 4) is 0 Å². The highest BCUT2D eigenvalue weighted by molar-refractivity contribution is 7.90. The molecule has 1 atom stereocenters. The number of benzene rings is 1. The van der Waals surface area contributed by atoms with Crippen LogP contribution in [-0.2, 0) is 19.6 Å². The van der Waals surface area contributed by atoms with Gasteiger partial charge in [-0.2, -0.15) is 0 Å². The third-order valence-electron chi connectivity index (χ3n) is 4.22. The third-order valence-corrected chi connectivity index (χ3v) is 6.04. The number of nitrogens with zero attached hydrogens (tertiary/aromatic N) is 1. The van der Waals surface area contributed by atoms with Crippen molar-refractivity contribution in [3.05, 3.63) is 29.3 Å². The van der Waals surface area contributed by atoms with Crippen LogP contribution in [0.1, 0.15) is 46.9 Å². The van der Waals surface area contributed by atoms with Gasteiger partial charge in [0.15, 0.2) is 0 Å². The van der Waals surface area contributed by atoms with Crippen molar-refractivity contribution >= 4 is 27.8 Å². The van der Waals surface area contributed by atoms with Gasteiger partial charge >= 0.3 is 5.97 Å². The normalized spacial score (nSPS) is 16.1. The van der Waals surface area contributed by atoms with Crippen LogP contribution >= 0.6 is 0 Å². The Morgan fingerprint density at radius 1 is 1.33 bits per heavy atom. The molecule has 2 amide bonds. The number of carbonyl (C=O) groups is 3. The first-order valence-corrected chi connectivity index (χ1v) is 9.91. The molecule has 0 aromatic heterocycles. The van der Waals surface area contributed by atoms with Crippen LogP contribution in [0.4, 0.5) is 0 Å². The van der Waals surface area contributed by atoms with Gasteiger partial charge in [0.25, 0.3) is 21.8 Å². The molecule has 1 aliphatic heterocycles. The Bertz CT molecular complexity index is 851. The van der Waals surface area contributed by atoms with E-state index in [1.165, 1.54) is 19.2 Å². The molecule has 0 bridgehead atoms. The maximum Gasteiger partial charge on any atom is 0.326 e. The minimum atomic E-state index is -4.08. The molecule has 1 aromatic rings. The summed E-state index contributed by atoms with van der Waals surface area (Å²) in [4.78, 5) is 35.7. The van der Waals surface area contributed by atoms with Crippen LogP contribution in [0.25, 0.3) is 0 Å². The second kappa shape index (κ2) is 8.49. The Hall–Kier alpha value is -2.46. The summed E-state index contributed by atoms with van der Waals surface area (Å²) in [5.41, 5.74) is -0.0510. The Labute approximate surface area is 157 Å². The predicted octanol–water partition coefficient (Wildman–Crippen LogP) is 0.851. The largest absolute Gasteiger partial charge is 0.480 e. The summed E-state index contributed by atoms with van der Waals surface area (Å²) in [5.74, 6) is -2.55. The van der Waals surface area contributed by atoms with E-state index in [0.717, 1.165) is 12.5 Å². The van der Waals surface area contributed by atoms with E-state index in [9.17, 15) is 27.9 Å². The standard InChI is InChI=1S/C17H22N2O7S/c1-3-4-5-13(17(22)23)18-15(20)11-6-7-12-14(10-11)27(24,25)19(16(12)21)8-9-26-2/h6-7,10,13H,3-5,8-9H2,1-2H3,(H,18,20)(H,22,23). The number of hydrogen-bond donors (Lipinski definition) is 2. The van der Waals surface area contributed by atoms with E-state index < -0.39 is 33.8 Å². The average molecular weight is 398 g/mol. The molecule has 0 spiro atoms. The number of fused-ring (bicyclic) bond motifs is 1. The summed E-state index contributed by atoms with van der Waals surface area (Å²) < 4.78 is 30.7. The number of aliphatic carboxylic acids is 1. The van der Waals surface area contributed by atoms with E-state index in [-0.39, 0.29) is 35.6 Å². The van der Waals surface area contributed by atoms with Crippen LogP contribution < -0.4 is 5.32 Å². The smallest absolute Gasteiger partial charge is 0.326 e. The van der Waals surface area contributed by atoms with E-state index in [0.29, 0.717) is 10.7 Å². The number of carbonyl (C=O) groups excluding carboxylic acids is 2. The molecule has 1 aliphatic rings. The van der Waals surface area contributed by atoms with Crippen molar-refractivity contribution in [2.75, 3.05) is 20.3 Å². The molecule has 27 heavy (non-hydrogen) atoms. The molecule has 1 aromatic carbocycles. The van der Waals surface area contributed by atoms with Crippen molar-refractivity contribution in [1.29, 1.82) is 0 Å². The Kier molecular flexibility index (Phi) is 6.55. The quantitative estimate of drug-likeness (QED) is 0.631. The number of amides is 2. The Morgan fingerprint density at radius 3 is 2.63 bits per heavy atom. The van der Waals surface area contributed by atoms with Crippen LogP contribution in [-0.4, -0.2) is 61.9 Å². The van der Waals surface area contributed by atoms with Crippen LogP contribution in [0.5, 0.6) is 0 Å². The van der Waals surface area contributed by atoms with Gasteiger partial charge in [0, 0.05) is 12.7 Å². The highest BCUT2D eigenvalue weighted by Gasteiger charge is 2.41. The molecule has 10 heteroatoms. The number of carboxylic acids is 1. The molecule has 0 aliphatic carbocycles. The van der Waals surface area contributed by atoms with Gasteiger partial charge in [-0.3, -0.25) is 9.59 Å². The number of methoxy groups -OCH3 is 1. The lowest BCUT2D eigenvalue weighted by Gasteiger charge is -2.14. The lowest BCUT2D eigenvalue weighted by molar-refractivity contribution is -0.139. The minimum absolute atomic E-state index is 0.0246. The number of hydrogen-bond acceptors (Lipinski definition) is 6. The van der Waals surface area contributed by atoms with Crippen molar-refractivity contribution in [2.24, 2.45) is 0 Å². The highest BCUT2D eigenvalue weighted by atomic mass is 32.2. The first-order chi connectivity index (χ1) is 12.7. The molecular weight excluding hydrogens is 376 g/mol. The first-order valence-electron chi connectivity index (χ1n) is 8.47. The molecule has 2 N–H and O–H groups in total. The van der Waals surface area contributed by atoms with Crippen molar-refractivity contribution in [1.82, 2.24) is 9.62 Å². The maximum atomic E-state index is 12.6. The van der Waals surface area contributed by atoms with Gasteiger partial charge in [-0.1, -0.05) is 19.8 Å². The van der Waals surface area contributed by atoms with Gasteiger partial charge in [-0.05, 0) is 24.6 Å². The molecule has 9 nitrogen and oxygen atoms in total. The van der Waals surface area contributed by atoms with Crippen LogP contribution in [0, 0.1) is 0 Å². The predicted molar refractivity (Wildman–Crippen MR) is 95.0 cm³/mol. The lowest BCUT2D eigenvalue weighted by atomic mass is 10.1. The number of rotatable bonds is 9. The second-order valence-corrected chi connectivity index (χ2v) is 7.92. The number of carboxylic acid groups (broad SMARTS) is 1. The van der Waals surface area contributed by atoms with E-state index >= 15 is 0 Å². The van der Waals surface area contributed by atoms with Gasteiger partial charge in [-0.25, -0.2) is 17.5 Å². The maximum absolute atomic E-state index is 12.6. The van der Waals surface area contributed by atoms with Gasteiger partial charge in [0.1, 0.15) is 10.9 Å².